The fraction of sp³-hybridized carbons (Fsp3) is 0.636. The van der Waals surface area contributed by atoms with Crippen LogP contribution in [0.25, 0.3) is 0 Å². The summed E-state index contributed by atoms with van der Waals surface area (Å²) in [4.78, 5) is 11.8. The average Bonchev–Trinajstić information content (AvgIpc) is 2.41. The van der Waals surface area contributed by atoms with Crippen molar-refractivity contribution in [2.24, 2.45) is 7.05 Å². The van der Waals surface area contributed by atoms with Crippen molar-refractivity contribution in [3.63, 3.8) is 0 Å². The van der Waals surface area contributed by atoms with Gasteiger partial charge < -0.3 is 10.5 Å². The van der Waals surface area contributed by atoms with Crippen molar-refractivity contribution in [1.29, 1.82) is 0 Å². The molecule has 2 N–H and O–H groups in total. The lowest BCUT2D eigenvalue weighted by molar-refractivity contribution is 0.0312. The number of carbonyl (C=O) groups is 1. The second kappa shape index (κ2) is 5.01. The number of rotatable bonds is 4. The third kappa shape index (κ3) is 2.53. The standard InChI is InChI=1S/C11H19N3O2/c1-5-6-7(2)16-11(15)10-9(12)8(3)13-14(10)4/h7H,5-6,12H2,1-4H3. The minimum atomic E-state index is -0.401. The van der Waals surface area contributed by atoms with E-state index in [4.69, 9.17) is 10.5 Å². The molecule has 1 aromatic heterocycles. The van der Waals surface area contributed by atoms with Crippen molar-refractivity contribution in [2.45, 2.75) is 39.7 Å². The molecule has 0 aliphatic heterocycles. The number of esters is 1. The van der Waals surface area contributed by atoms with Crippen LogP contribution in [0, 0.1) is 6.92 Å². The zero-order valence-electron chi connectivity index (χ0n) is 10.3. The number of anilines is 1. The highest BCUT2D eigenvalue weighted by Crippen LogP contribution is 2.17. The number of aromatic nitrogens is 2. The molecule has 5 heteroatoms. The fourth-order valence-electron chi connectivity index (χ4n) is 1.62. The molecule has 5 nitrogen and oxygen atoms in total. The van der Waals surface area contributed by atoms with Crippen molar-refractivity contribution in [2.75, 3.05) is 5.73 Å². The Balaban J connectivity index is 2.80. The molecule has 0 amide bonds. The van der Waals surface area contributed by atoms with Gasteiger partial charge in [-0.05, 0) is 20.3 Å². The summed E-state index contributed by atoms with van der Waals surface area (Å²) in [5.41, 5.74) is 7.15. The van der Waals surface area contributed by atoms with Crippen LogP contribution in [-0.2, 0) is 11.8 Å². The number of aryl methyl sites for hydroxylation is 2. The molecule has 0 aliphatic rings. The fourth-order valence-corrected chi connectivity index (χ4v) is 1.62. The van der Waals surface area contributed by atoms with Crippen LogP contribution in [0.5, 0.6) is 0 Å². The molecular formula is C11H19N3O2. The Labute approximate surface area is 95.6 Å². The average molecular weight is 225 g/mol. The van der Waals surface area contributed by atoms with Crippen LogP contribution < -0.4 is 5.73 Å². The number of hydrogen-bond acceptors (Lipinski definition) is 4. The zero-order chi connectivity index (χ0) is 12.3. The van der Waals surface area contributed by atoms with Gasteiger partial charge in [-0.3, -0.25) is 4.68 Å². The highest BCUT2D eigenvalue weighted by atomic mass is 16.5. The van der Waals surface area contributed by atoms with Crippen molar-refractivity contribution < 1.29 is 9.53 Å². The Morgan fingerprint density at radius 1 is 1.62 bits per heavy atom. The maximum Gasteiger partial charge on any atom is 0.359 e. The predicted octanol–water partition coefficient (Wildman–Crippen LogP) is 1.66. The lowest BCUT2D eigenvalue weighted by atomic mass is 10.2. The first-order valence-electron chi connectivity index (χ1n) is 5.47. The van der Waals surface area contributed by atoms with E-state index < -0.39 is 5.97 Å². The van der Waals surface area contributed by atoms with Crippen LogP contribution in [0.2, 0.25) is 0 Å². The summed E-state index contributed by atoms with van der Waals surface area (Å²) in [7, 11) is 1.68. The van der Waals surface area contributed by atoms with Gasteiger partial charge >= 0.3 is 5.97 Å². The van der Waals surface area contributed by atoms with Gasteiger partial charge in [0.25, 0.3) is 0 Å². The third-order valence-corrected chi connectivity index (χ3v) is 2.47. The molecule has 1 aromatic rings. The van der Waals surface area contributed by atoms with Gasteiger partial charge in [0, 0.05) is 7.05 Å². The van der Waals surface area contributed by atoms with E-state index in [0.717, 1.165) is 12.8 Å². The summed E-state index contributed by atoms with van der Waals surface area (Å²) in [6, 6.07) is 0. The Morgan fingerprint density at radius 3 is 2.69 bits per heavy atom. The Hall–Kier alpha value is -1.52. The van der Waals surface area contributed by atoms with Crippen LogP contribution >= 0.6 is 0 Å². The summed E-state index contributed by atoms with van der Waals surface area (Å²) >= 11 is 0. The van der Waals surface area contributed by atoms with Gasteiger partial charge in [0.05, 0.1) is 17.5 Å². The molecule has 0 spiro atoms. The number of nitrogens with two attached hydrogens (primary N) is 1. The number of nitrogens with zero attached hydrogens (tertiary/aromatic N) is 2. The largest absolute Gasteiger partial charge is 0.458 e. The summed E-state index contributed by atoms with van der Waals surface area (Å²) in [6.07, 6.45) is 1.74. The van der Waals surface area contributed by atoms with Gasteiger partial charge in [-0.1, -0.05) is 13.3 Å². The van der Waals surface area contributed by atoms with E-state index in [1.165, 1.54) is 4.68 Å². The lowest BCUT2D eigenvalue weighted by Crippen LogP contribution is -2.18. The number of nitrogen functional groups attached to an aromatic ring is 1. The number of hydrogen-bond donors (Lipinski definition) is 1. The molecule has 16 heavy (non-hydrogen) atoms. The zero-order valence-corrected chi connectivity index (χ0v) is 10.3. The SMILES string of the molecule is CCCC(C)OC(=O)c1c(N)c(C)nn1C. The first-order valence-corrected chi connectivity index (χ1v) is 5.47. The van der Waals surface area contributed by atoms with Gasteiger partial charge in [0.2, 0.25) is 0 Å². The van der Waals surface area contributed by atoms with Crippen molar-refractivity contribution in [3.05, 3.63) is 11.4 Å². The predicted molar refractivity (Wildman–Crippen MR) is 62.1 cm³/mol. The summed E-state index contributed by atoms with van der Waals surface area (Å²) in [6.45, 7) is 5.69. The summed E-state index contributed by atoms with van der Waals surface area (Å²) in [5.74, 6) is -0.401. The molecule has 0 saturated heterocycles. The van der Waals surface area contributed by atoms with E-state index in [1.807, 2.05) is 13.8 Å². The van der Waals surface area contributed by atoms with Crippen LogP contribution in [0.4, 0.5) is 5.69 Å². The van der Waals surface area contributed by atoms with Crippen LogP contribution in [0.3, 0.4) is 0 Å². The maximum atomic E-state index is 11.8. The molecule has 0 fully saturated rings. The van der Waals surface area contributed by atoms with Crippen LogP contribution in [0.1, 0.15) is 42.9 Å². The number of carbonyl (C=O) groups excluding carboxylic acids is 1. The molecule has 0 radical (unpaired) electrons. The molecule has 1 rings (SSSR count). The molecule has 0 aliphatic carbocycles. The molecule has 1 heterocycles. The first-order chi connectivity index (χ1) is 7.47. The summed E-state index contributed by atoms with van der Waals surface area (Å²) < 4.78 is 6.74. The first kappa shape index (κ1) is 12.5. The van der Waals surface area contributed by atoms with E-state index in [9.17, 15) is 4.79 Å². The minimum Gasteiger partial charge on any atom is -0.458 e. The molecule has 0 bridgehead atoms. The Kier molecular flexibility index (Phi) is 3.93. The second-order valence-electron chi connectivity index (χ2n) is 3.98. The third-order valence-electron chi connectivity index (χ3n) is 2.47. The van der Waals surface area contributed by atoms with E-state index in [2.05, 4.69) is 5.10 Å². The molecule has 0 saturated carbocycles. The smallest absolute Gasteiger partial charge is 0.359 e. The van der Waals surface area contributed by atoms with E-state index in [-0.39, 0.29) is 6.10 Å². The Morgan fingerprint density at radius 2 is 2.25 bits per heavy atom. The van der Waals surface area contributed by atoms with Crippen molar-refractivity contribution >= 4 is 11.7 Å². The Bertz CT molecular complexity index is 385. The molecular weight excluding hydrogens is 206 g/mol. The molecule has 1 unspecified atom stereocenters. The van der Waals surface area contributed by atoms with Crippen LogP contribution in [-0.4, -0.2) is 21.9 Å². The second-order valence-corrected chi connectivity index (χ2v) is 3.98. The number of ether oxygens (including phenoxy) is 1. The lowest BCUT2D eigenvalue weighted by Gasteiger charge is -2.12. The van der Waals surface area contributed by atoms with Gasteiger partial charge in [0.1, 0.15) is 0 Å². The maximum absolute atomic E-state index is 11.8. The highest BCUT2D eigenvalue weighted by Gasteiger charge is 2.20. The van der Waals surface area contributed by atoms with Crippen LogP contribution in [0.15, 0.2) is 0 Å². The molecule has 1 atom stereocenters. The van der Waals surface area contributed by atoms with E-state index in [0.29, 0.717) is 17.1 Å². The highest BCUT2D eigenvalue weighted by molar-refractivity contribution is 5.93. The summed E-state index contributed by atoms with van der Waals surface area (Å²) in [5, 5.41) is 4.08. The molecule has 0 aromatic carbocycles. The van der Waals surface area contributed by atoms with E-state index in [1.54, 1.807) is 14.0 Å². The molecule has 90 valence electrons. The van der Waals surface area contributed by atoms with Crippen molar-refractivity contribution in [3.8, 4) is 0 Å². The van der Waals surface area contributed by atoms with Gasteiger partial charge in [0.15, 0.2) is 5.69 Å². The van der Waals surface area contributed by atoms with Crippen molar-refractivity contribution in [1.82, 2.24) is 9.78 Å². The van der Waals surface area contributed by atoms with E-state index >= 15 is 0 Å². The quantitative estimate of drug-likeness (QED) is 0.791. The minimum absolute atomic E-state index is 0.0906. The normalized spacial score (nSPS) is 12.5. The van der Waals surface area contributed by atoms with Gasteiger partial charge in [-0.2, -0.15) is 5.10 Å². The monoisotopic (exact) mass is 225 g/mol. The van der Waals surface area contributed by atoms with Gasteiger partial charge in [-0.15, -0.1) is 0 Å². The topological polar surface area (TPSA) is 70.1 Å². The van der Waals surface area contributed by atoms with Gasteiger partial charge in [-0.25, -0.2) is 4.79 Å².